The van der Waals surface area contributed by atoms with Crippen LogP contribution in [0.15, 0.2) is 218 Å². The average molecular weight is 1140 g/mol. The van der Waals surface area contributed by atoms with Gasteiger partial charge in [-0.05, 0) is 211 Å². The third-order valence-corrected chi connectivity index (χ3v) is 19.2. The molecule has 2 aliphatic heterocycles. The SMILES string of the molecule is CC1(C)Cc2cc3c(cc2C1)N(c1ccc(C(C)(C)C)cc1-c1ccccc1)c1cc(N(c2ccccc2)c2ccccc2)cc2c1B3c1ccc(N(c3ccc(C(C)(C)C)cc3)c3ccc(C(C)(C)C)cc3)cc1N2c1cccc2c1CC(C)(C)C2. The van der Waals surface area contributed by atoms with Gasteiger partial charge in [0.25, 0.3) is 6.71 Å². The van der Waals surface area contributed by atoms with Crippen molar-refractivity contribution in [2.75, 3.05) is 19.6 Å². The summed E-state index contributed by atoms with van der Waals surface area (Å²) < 4.78 is 0. The Morgan fingerprint density at radius 3 is 1.34 bits per heavy atom. The van der Waals surface area contributed by atoms with E-state index in [0.29, 0.717) is 0 Å². The number of hydrogen-bond donors (Lipinski definition) is 0. The summed E-state index contributed by atoms with van der Waals surface area (Å²) in [6, 6.07) is 84.2. The maximum atomic E-state index is 2.72. The van der Waals surface area contributed by atoms with E-state index in [2.05, 4.69) is 328 Å². The fourth-order valence-electron chi connectivity index (χ4n) is 14.9. The Bertz CT molecular complexity index is 4180. The largest absolute Gasteiger partial charge is 0.311 e. The smallest absolute Gasteiger partial charge is 0.252 e. The molecule has 0 N–H and O–H groups in total. The van der Waals surface area contributed by atoms with Crippen molar-refractivity contribution in [2.24, 2.45) is 10.8 Å². The van der Waals surface area contributed by atoms with Gasteiger partial charge in [-0.1, -0.05) is 211 Å². The number of fused-ring (bicyclic) bond motifs is 6. The van der Waals surface area contributed by atoms with E-state index in [9.17, 15) is 0 Å². The third kappa shape index (κ3) is 10.1. The molecule has 2 heterocycles. The molecule has 0 saturated carbocycles. The first-order chi connectivity index (χ1) is 41.5. The van der Waals surface area contributed by atoms with E-state index in [4.69, 9.17) is 0 Å². The van der Waals surface area contributed by atoms with Crippen LogP contribution >= 0.6 is 0 Å². The minimum Gasteiger partial charge on any atom is -0.311 e. The van der Waals surface area contributed by atoms with Gasteiger partial charge in [-0.25, -0.2) is 0 Å². The lowest BCUT2D eigenvalue weighted by Gasteiger charge is -2.46. The lowest BCUT2D eigenvalue weighted by molar-refractivity contribution is 0.392. The van der Waals surface area contributed by atoms with Gasteiger partial charge in [-0.15, -0.1) is 0 Å². The van der Waals surface area contributed by atoms with Crippen molar-refractivity contribution in [1.29, 1.82) is 0 Å². The van der Waals surface area contributed by atoms with Crippen molar-refractivity contribution < 1.29 is 0 Å². The Morgan fingerprint density at radius 2 is 0.782 bits per heavy atom. The summed E-state index contributed by atoms with van der Waals surface area (Å²) in [7, 11) is 0. The minimum atomic E-state index is -0.0978. The van der Waals surface area contributed by atoms with E-state index in [0.717, 1.165) is 59.8 Å². The maximum Gasteiger partial charge on any atom is 0.252 e. The van der Waals surface area contributed by atoms with E-state index < -0.39 is 0 Å². The number of nitrogens with zero attached hydrogens (tertiary/aromatic N) is 4. The standard InChI is InChI=1S/C82H83BN4/c1-78(2,3)58-32-37-63(38-33-58)84(64-39-34-59(35-40-64)79(4,5)6)65-41-42-69-74(47-65)86(71-31-23-26-55-50-82(12,13)53-68(55)71)75-48-66(85(61-27-19-15-20-28-61)62-29-21-16-22-30-62)49-76-77(75)83(69)70-44-56-51-81(10,11)52-57(56)45-73(70)87(76)72-43-36-60(80(7,8)9)46-67(72)54-24-17-14-18-25-54/h14-49H,50-53H2,1-13H3. The number of benzene rings is 10. The van der Waals surface area contributed by atoms with Gasteiger partial charge in [-0.3, -0.25) is 0 Å². The van der Waals surface area contributed by atoms with E-state index in [1.807, 2.05) is 0 Å². The molecule has 10 aromatic carbocycles. The minimum absolute atomic E-state index is 0.0109. The molecule has 14 rings (SSSR count). The van der Waals surface area contributed by atoms with Gasteiger partial charge < -0.3 is 19.6 Å². The monoisotopic (exact) mass is 1130 g/mol. The van der Waals surface area contributed by atoms with Crippen molar-refractivity contribution in [1.82, 2.24) is 0 Å². The first-order valence-corrected chi connectivity index (χ1v) is 31.8. The number of hydrogen-bond acceptors (Lipinski definition) is 4. The van der Waals surface area contributed by atoms with E-state index >= 15 is 0 Å². The summed E-state index contributed by atoms with van der Waals surface area (Å²) in [6.45, 7) is 30.6. The number of anilines is 12. The fraction of sp³-hybridized carbons (Fsp3) is 0.268. The average Bonchev–Trinajstić information content (AvgIpc) is 1.19. The van der Waals surface area contributed by atoms with Gasteiger partial charge in [0.05, 0.1) is 11.4 Å². The molecule has 10 aromatic rings. The zero-order valence-corrected chi connectivity index (χ0v) is 53.5. The maximum absolute atomic E-state index is 2.72. The van der Waals surface area contributed by atoms with Crippen molar-refractivity contribution in [3.63, 3.8) is 0 Å². The second-order valence-corrected chi connectivity index (χ2v) is 30.2. The summed E-state index contributed by atoms with van der Waals surface area (Å²) >= 11 is 0. The predicted molar refractivity (Wildman–Crippen MR) is 374 cm³/mol. The van der Waals surface area contributed by atoms with Crippen LogP contribution in [-0.2, 0) is 41.9 Å². The second kappa shape index (κ2) is 20.5. The summed E-state index contributed by atoms with van der Waals surface area (Å²) in [5.41, 5.74) is 30.3. The Balaban J connectivity index is 1.12. The molecule has 0 unspecified atom stereocenters. The van der Waals surface area contributed by atoms with Crippen LogP contribution in [0.5, 0.6) is 0 Å². The zero-order chi connectivity index (χ0) is 60.5. The van der Waals surface area contributed by atoms with Crippen LogP contribution in [-0.4, -0.2) is 6.71 Å². The Labute approximate surface area is 519 Å². The topological polar surface area (TPSA) is 13.0 Å². The van der Waals surface area contributed by atoms with Gasteiger partial charge >= 0.3 is 0 Å². The predicted octanol–water partition coefficient (Wildman–Crippen LogP) is 20.5. The van der Waals surface area contributed by atoms with Crippen molar-refractivity contribution in [3.8, 4) is 11.1 Å². The molecule has 0 spiro atoms. The number of rotatable bonds is 9. The summed E-state index contributed by atoms with van der Waals surface area (Å²) in [5, 5.41) is 0. The van der Waals surface area contributed by atoms with Crippen LogP contribution in [0.25, 0.3) is 11.1 Å². The van der Waals surface area contributed by atoms with Crippen molar-refractivity contribution in [3.05, 3.63) is 257 Å². The quantitative estimate of drug-likeness (QED) is 0.134. The lowest BCUT2D eigenvalue weighted by atomic mass is 9.33. The van der Waals surface area contributed by atoms with Crippen LogP contribution in [0.2, 0.25) is 0 Å². The molecule has 2 aliphatic carbocycles. The van der Waals surface area contributed by atoms with Gasteiger partial charge in [0.15, 0.2) is 0 Å². The van der Waals surface area contributed by atoms with E-state index in [1.165, 1.54) is 101 Å². The molecule has 5 heteroatoms. The van der Waals surface area contributed by atoms with Crippen molar-refractivity contribution in [2.45, 2.75) is 132 Å². The lowest BCUT2D eigenvalue weighted by Crippen LogP contribution is -2.61. The van der Waals surface area contributed by atoms with Gasteiger partial charge in [0, 0.05) is 62.4 Å². The van der Waals surface area contributed by atoms with Crippen LogP contribution in [0, 0.1) is 10.8 Å². The van der Waals surface area contributed by atoms with Gasteiger partial charge in [0.2, 0.25) is 0 Å². The molecule has 87 heavy (non-hydrogen) atoms. The van der Waals surface area contributed by atoms with Crippen LogP contribution in [0.1, 0.15) is 129 Å². The molecule has 4 aliphatic rings. The normalized spacial score (nSPS) is 15.3. The fourth-order valence-corrected chi connectivity index (χ4v) is 14.9. The highest BCUT2D eigenvalue weighted by Crippen LogP contribution is 2.54. The molecule has 0 fully saturated rings. The highest BCUT2D eigenvalue weighted by Gasteiger charge is 2.47. The molecule has 0 saturated heterocycles. The van der Waals surface area contributed by atoms with Crippen LogP contribution < -0.4 is 36.0 Å². The molecular formula is C82H83BN4. The van der Waals surface area contributed by atoms with Gasteiger partial charge in [-0.2, -0.15) is 0 Å². The first-order valence-electron chi connectivity index (χ1n) is 31.8. The zero-order valence-electron chi connectivity index (χ0n) is 53.5. The molecule has 0 bridgehead atoms. The van der Waals surface area contributed by atoms with Crippen LogP contribution in [0.3, 0.4) is 0 Å². The number of para-hydroxylation sites is 2. The van der Waals surface area contributed by atoms with Crippen molar-refractivity contribution >= 4 is 91.3 Å². The molecule has 434 valence electrons. The first kappa shape index (κ1) is 56.3. The highest BCUT2D eigenvalue weighted by atomic mass is 15.2. The molecule has 0 radical (unpaired) electrons. The summed E-state index contributed by atoms with van der Waals surface area (Å²) in [5.74, 6) is 0. The van der Waals surface area contributed by atoms with E-state index in [-0.39, 0.29) is 33.8 Å². The Hall–Kier alpha value is -8.54. The Kier molecular flexibility index (Phi) is 13.3. The molecule has 4 nitrogen and oxygen atoms in total. The molecule has 0 aromatic heterocycles. The Morgan fingerprint density at radius 1 is 0.333 bits per heavy atom. The molecule has 0 atom stereocenters. The second-order valence-electron chi connectivity index (χ2n) is 30.2. The van der Waals surface area contributed by atoms with E-state index in [1.54, 1.807) is 0 Å². The van der Waals surface area contributed by atoms with Crippen LogP contribution in [0.4, 0.5) is 68.2 Å². The molecular weight excluding hydrogens is 1050 g/mol. The third-order valence-electron chi connectivity index (χ3n) is 19.2. The summed E-state index contributed by atoms with van der Waals surface area (Å²) in [6.07, 6.45) is 4.09. The summed E-state index contributed by atoms with van der Waals surface area (Å²) in [4.78, 5) is 10.4. The molecule has 0 amide bonds. The van der Waals surface area contributed by atoms with Gasteiger partial charge in [0.1, 0.15) is 0 Å². The highest BCUT2D eigenvalue weighted by molar-refractivity contribution is 7.00.